The van der Waals surface area contributed by atoms with E-state index in [9.17, 15) is 8.42 Å². The number of halogens is 2. The van der Waals surface area contributed by atoms with Gasteiger partial charge in [-0.3, -0.25) is 0 Å². The van der Waals surface area contributed by atoms with Crippen molar-refractivity contribution in [1.29, 1.82) is 0 Å². The van der Waals surface area contributed by atoms with Gasteiger partial charge in [0.1, 0.15) is 0 Å². The van der Waals surface area contributed by atoms with Gasteiger partial charge in [0.2, 0.25) is 10.0 Å². The van der Waals surface area contributed by atoms with E-state index in [0.717, 1.165) is 6.42 Å². The molecule has 0 bridgehead atoms. The molecule has 1 rings (SSSR count). The van der Waals surface area contributed by atoms with Crippen LogP contribution in [0.15, 0.2) is 32.0 Å². The van der Waals surface area contributed by atoms with E-state index in [1.165, 1.54) is 0 Å². The Balaban J connectivity index is 2.64. The zero-order chi connectivity index (χ0) is 14.5. The number of hydrogen-bond donors (Lipinski definition) is 2. The number of sulfonamides is 1. The molecule has 0 amide bonds. The lowest BCUT2D eigenvalue weighted by molar-refractivity contribution is 0.228. The maximum Gasteiger partial charge on any atom is 0.241 e. The van der Waals surface area contributed by atoms with Crippen molar-refractivity contribution in [3.8, 4) is 0 Å². The Hall–Kier alpha value is 0.0500. The first-order valence-electron chi connectivity index (χ1n) is 5.92. The van der Waals surface area contributed by atoms with Crippen LogP contribution in [0.4, 0.5) is 0 Å². The van der Waals surface area contributed by atoms with Crippen molar-refractivity contribution in [2.24, 2.45) is 5.92 Å². The van der Waals surface area contributed by atoms with Crippen molar-refractivity contribution in [2.75, 3.05) is 13.2 Å². The molecular weight excluding hydrogens is 398 g/mol. The highest BCUT2D eigenvalue weighted by Gasteiger charge is 2.17. The highest BCUT2D eigenvalue weighted by atomic mass is 79.9. The van der Waals surface area contributed by atoms with Gasteiger partial charge in [-0.25, -0.2) is 13.1 Å². The van der Waals surface area contributed by atoms with Crippen molar-refractivity contribution < 1.29 is 13.5 Å². The monoisotopic (exact) mass is 413 g/mol. The fraction of sp³-hybridized carbons (Fsp3) is 0.500. The number of aliphatic hydroxyl groups excluding tert-OH is 1. The quantitative estimate of drug-likeness (QED) is 0.674. The molecule has 0 aliphatic heterocycles. The van der Waals surface area contributed by atoms with Gasteiger partial charge in [0.05, 0.1) is 4.90 Å². The molecule has 108 valence electrons. The third kappa shape index (κ3) is 5.51. The number of nitrogens with one attached hydrogen (secondary N) is 1. The Morgan fingerprint density at radius 2 is 2.05 bits per heavy atom. The molecule has 0 aliphatic carbocycles. The van der Waals surface area contributed by atoms with Gasteiger partial charge in [0.15, 0.2) is 0 Å². The lowest BCUT2D eigenvalue weighted by Gasteiger charge is -2.10. The van der Waals surface area contributed by atoms with E-state index in [-0.39, 0.29) is 17.4 Å². The van der Waals surface area contributed by atoms with Crippen LogP contribution in [0.5, 0.6) is 0 Å². The largest absolute Gasteiger partial charge is 0.396 e. The smallest absolute Gasteiger partial charge is 0.241 e. The molecule has 1 aromatic rings. The van der Waals surface area contributed by atoms with Gasteiger partial charge < -0.3 is 5.11 Å². The first-order chi connectivity index (χ1) is 8.86. The van der Waals surface area contributed by atoms with Gasteiger partial charge in [0.25, 0.3) is 0 Å². The normalized spacial score (nSPS) is 13.5. The van der Waals surface area contributed by atoms with Crippen LogP contribution in [-0.2, 0) is 10.0 Å². The second-order valence-corrected chi connectivity index (χ2v) is 7.91. The van der Waals surface area contributed by atoms with Crippen LogP contribution in [0.2, 0.25) is 0 Å². The van der Waals surface area contributed by atoms with Crippen molar-refractivity contribution in [3.05, 3.63) is 27.1 Å². The fourth-order valence-electron chi connectivity index (χ4n) is 1.51. The Morgan fingerprint density at radius 1 is 1.37 bits per heavy atom. The predicted molar refractivity (Wildman–Crippen MR) is 82.5 cm³/mol. The van der Waals surface area contributed by atoms with E-state index in [2.05, 4.69) is 36.6 Å². The Morgan fingerprint density at radius 3 is 2.68 bits per heavy atom. The van der Waals surface area contributed by atoms with Crippen LogP contribution in [-0.4, -0.2) is 26.7 Å². The minimum absolute atomic E-state index is 0.129. The average molecular weight is 415 g/mol. The van der Waals surface area contributed by atoms with Crippen molar-refractivity contribution in [3.63, 3.8) is 0 Å². The summed E-state index contributed by atoms with van der Waals surface area (Å²) in [5.41, 5.74) is 0. The maximum atomic E-state index is 12.1. The SMILES string of the molecule is CC(CO)CCCNS(=O)(=O)c1cc(Br)ccc1Br. The molecule has 19 heavy (non-hydrogen) atoms. The lowest BCUT2D eigenvalue weighted by atomic mass is 10.1. The third-order valence-corrected chi connectivity index (χ3v) is 5.61. The van der Waals surface area contributed by atoms with E-state index in [1.807, 2.05) is 6.92 Å². The molecule has 4 nitrogen and oxygen atoms in total. The molecule has 0 aliphatic rings. The average Bonchev–Trinajstić information content (AvgIpc) is 2.37. The number of rotatable bonds is 7. The predicted octanol–water partition coefficient (Wildman–Crippen LogP) is 2.90. The number of aliphatic hydroxyl groups is 1. The van der Waals surface area contributed by atoms with Gasteiger partial charge in [0, 0.05) is 22.1 Å². The molecule has 0 spiro atoms. The van der Waals surface area contributed by atoms with Crippen LogP contribution in [0, 0.1) is 5.92 Å². The molecule has 0 fully saturated rings. The molecule has 1 aromatic carbocycles. The minimum Gasteiger partial charge on any atom is -0.396 e. The van der Waals surface area contributed by atoms with Gasteiger partial charge in [-0.2, -0.15) is 0 Å². The van der Waals surface area contributed by atoms with Crippen LogP contribution in [0.1, 0.15) is 19.8 Å². The molecule has 1 unspecified atom stereocenters. The van der Waals surface area contributed by atoms with Crippen LogP contribution in [0.25, 0.3) is 0 Å². The summed E-state index contributed by atoms with van der Waals surface area (Å²) < 4.78 is 28.0. The summed E-state index contributed by atoms with van der Waals surface area (Å²) in [6.45, 7) is 2.43. The van der Waals surface area contributed by atoms with E-state index in [0.29, 0.717) is 21.9 Å². The maximum absolute atomic E-state index is 12.1. The van der Waals surface area contributed by atoms with Crippen LogP contribution in [0.3, 0.4) is 0 Å². The summed E-state index contributed by atoms with van der Waals surface area (Å²) in [7, 11) is -3.51. The zero-order valence-electron chi connectivity index (χ0n) is 10.6. The minimum atomic E-state index is -3.51. The Labute approximate surface area is 130 Å². The second kappa shape index (κ2) is 7.73. The van der Waals surface area contributed by atoms with E-state index >= 15 is 0 Å². The lowest BCUT2D eigenvalue weighted by Crippen LogP contribution is -2.25. The molecule has 7 heteroatoms. The zero-order valence-corrected chi connectivity index (χ0v) is 14.6. The van der Waals surface area contributed by atoms with Crippen LogP contribution < -0.4 is 4.72 Å². The van der Waals surface area contributed by atoms with Crippen molar-refractivity contribution in [1.82, 2.24) is 4.72 Å². The first kappa shape index (κ1) is 17.1. The molecule has 2 N–H and O–H groups in total. The summed E-state index contributed by atoms with van der Waals surface area (Å²) in [4.78, 5) is 0.220. The highest BCUT2D eigenvalue weighted by Crippen LogP contribution is 2.25. The summed E-state index contributed by atoms with van der Waals surface area (Å²) in [5, 5.41) is 8.89. The van der Waals surface area contributed by atoms with E-state index < -0.39 is 10.0 Å². The molecule has 0 saturated heterocycles. The molecule has 0 heterocycles. The highest BCUT2D eigenvalue weighted by molar-refractivity contribution is 9.11. The number of hydrogen-bond acceptors (Lipinski definition) is 3. The fourth-order valence-corrected chi connectivity index (χ4v) is 4.08. The molecule has 0 radical (unpaired) electrons. The van der Waals surface area contributed by atoms with Gasteiger partial charge >= 0.3 is 0 Å². The first-order valence-corrected chi connectivity index (χ1v) is 8.99. The summed E-state index contributed by atoms with van der Waals surface area (Å²) in [5.74, 6) is 0.196. The third-order valence-electron chi connectivity index (χ3n) is 2.66. The molecule has 0 saturated carbocycles. The number of benzene rings is 1. The Bertz CT molecular complexity index is 520. The van der Waals surface area contributed by atoms with Gasteiger partial charge in [-0.15, -0.1) is 0 Å². The Kier molecular flexibility index (Phi) is 6.96. The van der Waals surface area contributed by atoms with E-state index in [4.69, 9.17) is 5.11 Å². The summed E-state index contributed by atoms with van der Waals surface area (Å²) in [6.07, 6.45) is 1.49. The van der Waals surface area contributed by atoms with Gasteiger partial charge in [-0.1, -0.05) is 22.9 Å². The standard InChI is InChI=1S/C12H17Br2NO3S/c1-9(8-16)3-2-6-15-19(17,18)12-7-10(13)4-5-11(12)14/h4-5,7,9,15-16H,2-3,6,8H2,1H3. The molecule has 1 atom stereocenters. The van der Waals surface area contributed by atoms with E-state index in [1.54, 1.807) is 18.2 Å². The van der Waals surface area contributed by atoms with Crippen molar-refractivity contribution >= 4 is 41.9 Å². The topological polar surface area (TPSA) is 66.4 Å². The second-order valence-electron chi connectivity index (χ2n) is 4.40. The molecule has 0 aromatic heterocycles. The molecular formula is C12H17Br2NO3S. The van der Waals surface area contributed by atoms with Crippen LogP contribution >= 0.6 is 31.9 Å². The van der Waals surface area contributed by atoms with Gasteiger partial charge in [-0.05, 0) is 52.9 Å². The summed E-state index contributed by atoms with van der Waals surface area (Å²) in [6, 6.07) is 5.02. The van der Waals surface area contributed by atoms with Crippen molar-refractivity contribution in [2.45, 2.75) is 24.7 Å². The summed E-state index contributed by atoms with van der Waals surface area (Å²) >= 11 is 6.49.